The smallest absolute Gasteiger partial charge is 0.143 e. The van der Waals surface area contributed by atoms with Crippen molar-refractivity contribution in [3.63, 3.8) is 0 Å². The number of hydrogen-bond acceptors (Lipinski definition) is 2. The fourth-order valence-electron chi connectivity index (χ4n) is 0.658. The second kappa shape index (κ2) is 6.26. The fraction of sp³-hybridized carbons (Fsp3) is 1.00. The van der Waals surface area contributed by atoms with Gasteiger partial charge in [-0.3, -0.25) is 0 Å². The number of aliphatic hydroxyl groups is 1. The quantitative estimate of drug-likeness (QED) is 0.355. The van der Waals surface area contributed by atoms with E-state index in [0.29, 0.717) is 0 Å². The Morgan fingerprint density at radius 1 is 1.44 bits per heavy atom. The van der Waals surface area contributed by atoms with E-state index in [0.717, 1.165) is 13.0 Å². The van der Waals surface area contributed by atoms with Crippen molar-refractivity contribution >= 4 is 8.80 Å². The van der Waals surface area contributed by atoms with Crippen molar-refractivity contribution in [2.24, 2.45) is 0 Å². The van der Waals surface area contributed by atoms with Crippen LogP contribution in [0.4, 0.5) is 0 Å². The van der Waals surface area contributed by atoms with Gasteiger partial charge in [-0.1, -0.05) is 19.1 Å². The molecule has 0 heterocycles. The van der Waals surface area contributed by atoms with Crippen molar-refractivity contribution in [2.45, 2.75) is 25.6 Å². The average Bonchev–Trinajstić information content (AvgIpc) is 1.80. The molecule has 0 atom stereocenters. The van der Waals surface area contributed by atoms with Crippen molar-refractivity contribution in [3.05, 3.63) is 0 Å². The summed E-state index contributed by atoms with van der Waals surface area (Å²) in [6.07, 6.45) is 1.12. The molecule has 1 N–H and O–H groups in total. The van der Waals surface area contributed by atoms with Gasteiger partial charge in [0.2, 0.25) is 0 Å². The van der Waals surface area contributed by atoms with Crippen molar-refractivity contribution in [1.29, 1.82) is 0 Å². The standard InChI is InChI=1S/C6H16O2Si/c1-9(2)5-3-4-8-6-7/h7,9H,3-6H2,1-2H3. The Kier molecular flexibility index (Phi) is 6.35. The molecule has 0 saturated heterocycles. The van der Waals surface area contributed by atoms with Crippen LogP contribution in [0.3, 0.4) is 0 Å². The minimum absolute atomic E-state index is 0.125. The van der Waals surface area contributed by atoms with E-state index in [1.807, 2.05) is 0 Å². The van der Waals surface area contributed by atoms with Crippen molar-refractivity contribution in [2.75, 3.05) is 13.4 Å². The van der Waals surface area contributed by atoms with E-state index in [1.54, 1.807) is 0 Å². The van der Waals surface area contributed by atoms with Gasteiger partial charge in [0.1, 0.15) is 6.79 Å². The van der Waals surface area contributed by atoms with Crippen LogP contribution in [0.5, 0.6) is 0 Å². The SMILES string of the molecule is C[SiH](C)CCCOCO. The first-order valence-corrected chi connectivity index (χ1v) is 6.58. The zero-order valence-corrected chi connectivity index (χ0v) is 7.42. The predicted octanol–water partition coefficient (Wildman–Crippen LogP) is 0.830. The summed E-state index contributed by atoms with van der Waals surface area (Å²) in [5, 5.41) is 8.22. The lowest BCUT2D eigenvalue weighted by atomic mass is 10.5. The van der Waals surface area contributed by atoms with Gasteiger partial charge in [0.25, 0.3) is 0 Å². The summed E-state index contributed by atoms with van der Waals surface area (Å²) in [7, 11) is -0.375. The number of aliphatic hydroxyl groups excluding tert-OH is 1. The molecule has 9 heavy (non-hydrogen) atoms. The first kappa shape index (κ1) is 9.14. The van der Waals surface area contributed by atoms with Crippen LogP contribution in [-0.2, 0) is 4.74 Å². The summed E-state index contributed by atoms with van der Waals surface area (Å²) in [4.78, 5) is 0. The van der Waals surface area contributed by atoms with E-state index < -0.39 is 0 Å². The van der Waals surface area contributed by atoms with Crippen LogP contribution in [0.1, 0.15) is 6.42 Å². The van der Waals surface area contributed by atoms with E-state index in [4.69, 9.17) is 9.84 Å². The minimum Gasteiger partial charge on any atom is -0.371 e. The highest BCUT2D eigenvalue weighted by Crippen LogP contribution is 1.96. The molecule has 0 aliphatic rings. The summed E-state index contributed by atoms with van der Waals surface area (Å²) < 4.78 is 4.76. The van der Waals surface area contributed by atoms with Crippen molar-refractivity contribution in [3.8, 4) is 0 Å². The van der Waals surface area contributed by atoms with Gasteiger partial charge in [0.05, 0.1) is 0 Å². The Morgan fingerprint density at radius 3 is 2.56 bits per heavy atom. The fourth-order valence-corrected chi connectivity index (χ4v) is 1.64. The Balaban J connectivity index is 2.75. The topological polar surface area (TPSA) is 29.5 Å². The minimum atomic E-state index is -0.375. The Morgan fingerprint density at radius 2 is 2.11 bits per heavy atom. The monoisotopic (exact) mass is 148 g/mol. The molecule has 0 aliphatic carbocycles. The first-order chi connectivity index (χ1) is 4.27. The molecular weight excluding hydrogens is 132 g/mol. The maximum Gasteiger partial charge on any atom is 0.143 e. The zero-order valence-electron chi connectivity index (χ0n) is 6.26. The van der Waals surface area contributed by atoms with Gasteiger partial charge >= 0.3 is 0 Å². The summed E-state index contributed by atoms with van der Waals surface area (Å²) >= 11 is 0. The van der Waals surface area contributed by atoms with Gasteiger partial charge in [-0.15, -0.1) is 0 Å². The molecule has 0 aromatic heterocycles. The number of ether oxygens (including phenoxy) is 1. The van der Waals surface area contributed by atoms with E-state index in [-0.39, 0.29) is 15.6 Å². The largest absolute Gasteiger partial charge is 0.371 e. The first-order valence-electron chi connectivity index (χ1n) is 3.46. The third-order valence-electron chi connectivity index (χ3n) is 1.16. The summed E-state index contributed by atoms with van der Waals surface area (Å²) in [5.74, 6) is 0. The highest BCUT2D eigenvalue weighted by atomic mass is 28.3. The molecular formula is C6H16O2Si. The third kappa shape index (κ3) is 8.14. The maximum absolute atomic E-state index is 8.22. The molecule has 0 aromatic carbocycles. The van der Waals surface area contributed by atoms with Gasteiger partial charge < -0.3 is 9.84 Å². The molecule has 0 radical (unpaired) electrons. The molecule has 0 saturated carbocycles. The lowest BCUT2D eigenvalue weighted by Crippen LogP contribution is -2.02. The molecule has 56 valence electrons. The normalized spacial score (nSPS) is 10.7. The van der Waals surface area contributed by atoms with E-state index >= 15 is 0 Å². The molecule has 0 aliphatic heterocycles. The number of hydrogen-bond donors (Lipinski definition) is 1. The van der Waals surface area contributed by atoms with E-state index in [2.05, 4.69) is 13.1 Å². The van der Waals surface area contributed by atoms with Crippen molar-refractivity contribution in [1.82, 2.24) is 0 Å². The van der Waals surface area contributed by atoms with E-state index in [9.17, 15) is 0 Å². The van der Waals surface area contributed by atoms with Gasteiger partial charge in [-0.2, -0.15) is 0 Å². The molecule has 0 spiro atoms. The summed E-state index contributed by atoms with van der Waals surface area (Å²) in [6.45, 7) is 5.24. The zero-order chi connectivity index (χ0) is 7.11. The van der Waals surface area contributed by atoms with Crippen LogP contribution in [-0.4, -0.2) is 27.3 Å². The van der Waals surface area contributed by atoms with Crippen LogP contribution in [0.2, 0.25) is 19.1 Å². The Labute approximate surface area is 58.4 Å². The van der Waals surface area contributed by atoms with Crippen LogP contribution in [0, 0.1) is 0 Å². The number of rotatable bonds is 5. The van der Waals surface area contributed by atoms with Crippen LogP contribution >= 0.6 is 0 Å². The second-order valence-corrected chi connectivity index (χ2v) is 5.94. The maximum atomic E-state index is 8.22. The third-order valence-corrected chi connectivity index (χ3v) is 2.72. The highest BCUT2D eigenvalue weighted by molar-refractivity contribution is 6.55. The van der Waals surface area contributed by atoms with Crippen LogP contribution in [0.25, 0.3) is 0 Å². The Bertz CT molecular complexity index is 57.0. The predicted molar refractivity (Wildman–Crippen MR) is 41.3 cm³/mol. The molecule has 0 unspecified atom stereocenters. The average molecular weight is 148 g/mol. The van der Waals surface area contributed by atoms with Crippen LogP contribution in [0.15, 0.2) is 0 Å². The van der Waals surface area contributed by atoms with Crippen LogP contribution < -0.4 is 0 Å². The molecule has 2 nitrogen and oxygen atoms in total. The van der Waals surface area contributed by atoms with Crippen molar-refractivity contribution < 1.29 is 9.84 Å². The molecule has 0 fully saturated rings. The Hall–Kier alpha value is 0.137. The molecule has 0 bridgehead atoms. The molecule has 3 heteroatoms. The van der Waals surface area contributed by atoms with Gasteiger partial charge in [-0.05, 0) is 6.42 Å². The molecule has 0 rings (SSSR count). The lowest BCUT2D eigenvalue weighted by molar-refractivity contribution is -0.000889. The van der Waals surface area contributed by atoms with Gasteiger partial charge in [0, 0.05) is 15.4 Å². The highest BCUT2D eigenvalue weighted by Gasteiger charge is 1.93. The van der Waals surface area contributed by atoms with Gasteiger partial charge in [-0.25, -0.2) is 0 Å². The summed E-state index contributed by atoms with van der Waals surface area (Å²) in [5.41, 5.74) is 0. The van der Waals surface area contributed by atoms with E-state index in [1.165, 1.54) is 6.04 Å². The lowest BCUT2D eigenvalue weighted by Gasteiger charge is -2.01. The molecule has 0 aromatic rings. The van der Waals surface area contributed by atoms with Gasteiger partial charge in [0.15, 0.2) is 0 Å². The second-order valence-electron chi connectivity index (χ2n) is 2.57. The summed E-state index contributed by atoms with van der Waals surface area (Å²) in [6, 6.07) is 1.32. The molecule has 0 amide bonds.